The lowest BCUT2D eigenvalue weighted by Crippen LogP contribution is -2.27. The van der Waals surface area contributed by atoms with Gasteiger partial charge in [0.1, 0.15) is 5.82 Å². The van der Waals surface area contributed by atoms with Crippen LogP contribution in [0.1, 0.15) is 39.2 Å². The summed E-state index contributed by atoms with van der Waals surface area (Å²) >= 11 is 0. The number of aromatic nitrogens is 5. The zero-order chi connectivity index (χ0) is 22.8. The first-order valence-corrected chi connectivity index (χ1v) is 11.5. The second-order valence-electron chi connectivity index (χ2n) is 8.58. The maximum Gasteiger partial charge on any atom is 0.232 e. The molecule has 2 N–H and O–H groups in total. The van der Waals surface area contributed by atoms with E-state index in [4.69, 9.17) is 9.97 Å². The maximum absolute atomic E-state index is 11.8. The van der Waals surface area contributed by atoms with E-state index in [9.17, 15) is 4.79 Å². The second kappa shape index (κ2) is 9.01. The van der Waals surface area contributed by atoms with Crippen molar-refractivity contribution in [1.29, 1.82) is 0 Å². The van der Waals surface area contributed by atoms with Gasteiger partial charge in [-0.1, -0.05) is 24.3 Å². The quantitative estimate of drug-likeness (QED) is 0.394. The van der Waals surface area contributed by atoms with Gasteiger partial charge in [-0.25, -0.2) is 9.97 Å². The number of fused-ring (bicyclic) bond motifs is 2. The predicted octanol–water partition coefficient (Wildman–Crippen LogP) is 4.12. The summed E-state index contributed by atoms with van der Waals surface area (Å²) in [7, 11) is 0. The predicted molar refractivity (Wildman–Crippen MR) is 130 cm³/mol. The Kier molecular flexibility index (Phi) is 5.77. The molecule has 33 heavy (non-hydrogen) atoms. The van der Waals surface area contributed by atoms with Crippen LogP contribution in [-0.2, 0) is 4.79 Å². The zero-order valence-electron chi connectivity index (χ0n) is 19.0. The van der Waals surface area contributed by atoms with E-state index in [1.807, 2.05) is 33.7 Å². The molecule has 0 radical (unpaired) electrons. The number of anilines is 3. The molecule has 3 aromatic heterocycles. The molecule has 9 nitrogen and oxygen atoms in total. The van der Waals surface area contributed by atoms with E-state index < -0.39 is 0 Å². The molecule has 1 aliphatic rings. The van der Waals surface area contributed by atoms with Crippen molar-refractivity contribution in [2.45, 2.75) is 39.2 Å². The number of pyridine rings is 1. The summed E-state index contributed by atoms with van der Waals surface area (Å²) in [4.78, 5) is 32.4. The van der Waals surface area contributed by atoms with Crippen molar-refractivity contribution in [3.63, 3.8) is 0 Å². The van der Waals surface area contributed by atoms with E-state index in [0.29, 0.717) is 30.5 Å². The van der Waals surface area contributed by atoms with Crippen LogP contribution >= 0.6 is 0 Å². The Labute approximate surface area is 192 Å². The van der Waals surface area contributed by atoms with Crippen LogP contribution in [0.4, 0.5) is 17.6 Å². The van der Waals surface area contributed by atoms with E-state index in [0.717, 1.165) is 47.9 Å². The maximum atomic E-state index is 11.8. The molecule has 9 heteroatoms. The summed E-state index contributed by atoms with van der Waals surface area (Å²) in [6, 6.07) is 10.3. The van der Waals surface area contributed by atoms with Gasteiger partial charge >= 0.3 is 0 Å². The van der Waals surface area contributed by atoms with Gasteiger partial charge in [-0.05, 0) is 38.1 Å². The first-order valence-electron chi connectivity index (χ1n) is 11.5. The van der Waals surface area contributed by atoms with Crippen LogP contribution in [0.25, 0.3) is 21.9 Å². The molecule has 0 atom stereocenters. The zero-order valence-corrected chi connectivity index (χ0v) is 19.0. The number of carbonyl (C=O) groups is 1. The normalized spacial score (nSPS) is 14.0. The van der Waals surface area contributed by atoms with Gasteiger partial charge in [-0.3, -0.25) is 4.79 Å². The number of benzene rings is 1. The lowest BCUT2D eigenvalue weighted by Gasteiger charge is -2.16. The molecule has 1 aromatic carbocycles. The highest BCUT2D eigenvalue weighted by molar-refractivity contribution is 5.93. The smallest absolute Gasteiger partial charge is 0.232 e. The Morgan fingerprint density at radius 1 is 1.09 bits per heavy atom. The van der Waals surface area contributed by atoms with Gasteiger partial charge in [-0.15, -0.1) is 0 Å². The summed E-state index contributed by atoms with van der Waals surface area (Å²) < 4.78 is 2.03. The van der Waals surface area contributed by atoms with Crippen LogP contribution in [0.5, 0.6) is 0 Å². The molecule has 0 bridgehead atoms. The van der Waals surface area contributed by atoms with E-state index in [1.165, 1.54) is 0 Å². The van der Waals surface area contributed by atoms with Crippen LogP contribution in [0, 0.1) is 0 Å². The Balaban J connectivity index is 1.42. The Morgan fingerprint density at radius 3 is 2.79 bits per heavy atom. The summed E-state index contributed by atoms with van der Waals surface area (Å²) in [5.41, 5.74) is 1.50. The monoisotopic (exact) mass is 444 g/mol. The third-order valence-electron chi connectivity index (χ3n) is 5.95. The molecule has 1 saturated heterocycles. The lowest BCUT2D eigenvalue weighted by molar-refractivity contribution is -0.127. The Hall–Kier alpha value is -3.75. The summed E-state index contributed by atoms with van der Waals surface area (Å²) in [5.74, 6) is 2.10. The van der Waals surface area contributed by atoms with Gasteiger partial charge in [0, 0.05) is 43.7 Å². The topological polar surface area (TPSA) is 101 Å². The first kappa shape index (κ1) is 21.1. The molecular weight excluding hydrogens is 416 g/mol. The van der Waals surface area contributed by atoms with Crippen molar-refractivity contribution in [3.05, 3.63) is 42.9 Å². The standard InChI is InChI=1S/C24H28N8O/c1-16(2)32-15-27-20-22(25-11-6-14-31-13-5-9-19(31)33)29-24(30-23(20)32)28-21-18-8-4-3-7-17(18)10-12-26-21/h3-4,7-8,10,12,15-16H,5-6,9,11,13-14H2,1-2H3,(H2,25,26,28,29,30). The molecular formula is C24H28N8O. The summed E-state index contributed by atoms with van der Waals surface area (Å²) in [5, 5.41) is 8.83. The number of likely N-dealkylation sites (tertiary alicyclic amines) is 1. The van der Waals surface area contributed by atoms with Crippen LogP contribution in [0.3, 0.4) is 0 Å². The number of rotatable bonds is 8. The number of hydrogen-bond donors (Lipinski definition) is 2. The van der Waals surface area contributed by atoms with Gasteiger partial charge in [-0.2, -0.15) is 9.97 Å². The molecule has 170 valence electrons. The highest BCUT2D eigenvalue weighted by atomic mass is 16.2. The number of nitrogens with one attached hydrogen (secondary N) is 2. The third kappa shape index (κ3) is 4.30. The van der Waals surface area contributed by atoms with E-state index in [1.54, 1.807) is 12.5 Å². The number of imidazole rings is 1. The van der Waals surface area contributed by atoms with Crippen molar-refractivity contribution < 1.29 is 4.79 Å². The van der Waals surface area contributed by atoms with Gasteiger partial charge in [0.25, 0.3) is 0 Å². The fraction of sp³-hybridized carbons (Fsp3) is 0.375. The van der Waals surface area contributed by atoms with Gasteiger partial charge in [0.15, 0.2) is 17.0 Å². The molecule has 5 rings (SSSR count). The fourth-order valence-corrected chi connectivity index (χ4v) is 4.22. The van der Waals surface area contributed by atoms with Gasteiger partial charge < -0.3 is 20.1 Å². The molecule has 4 heterocycles. The second-order valence-corrected chi connectivity index (χ2v) is 8.58. The van der Waals surface area contributed by atoms with Gasteiger partial charge in [0.2, 0.25) is 11.9 Å². The molecule has 1 amide bonds. The SMILES string of the molecule is CC(C)n1cnc2c(NCCCN3CCCC3=O)nc(Nc3nccc4ccccc34)nc21. The van der Waals surface area contributed by atoms with Crippen LogP contribution in [-0.4, -0.2) is 54.9 Å². The highest BCUT2D eigenvalue weighted by Gasteiger charge is 2.19. The minimum atomic E-state index is 0.211. The molecule has 0 aliphatic carbocycles. The lowest BCUT2D eigenvalue weighted by atomic mass is 10.1. The number of nitrogens with zero attached hydrogens (tertiary/aromatic N) is 6. The van der Waals surface area contributed by atoms with Crippen LogP contribution < -0.4 is 10.6 Å². The molecule has 0 unspecified atom stereocenters. The van der Waals surface area contributed by atoms with Crippen LogP contribution in [0.2, 0.25) is 0 Å². The van der Waals surface area contributed by atoms with Crippen molar-refractivity contribution >= 4 is 45.4 Å². The third-order valence-corrected chi connectivity index (χ3v) is 5.95. The number of hydrogen-bond acceptors (Lipinski definition) is 7. The fourth-order valence-electron chi connectivity index (χ4n) is 4.22. The first-order chi connectivity index (χ1) is 16.1. The number of carbonyl (C=O) groups excluding carboxylic acids is 1. The van der Waals surface area contributed by atoms with Crippen LogP contribution in [0.15, 0.2) is 42.9 Å². The Bertz CT molecular complexity index is 1290. The summed E-state index contributed by atoms with van der Waals surface area (Å²) in [6.07, 6.45) is 6.06. The molecule has 1 fully saturated rings. The summed E-state index contributed by atoms with van der Waals surface area (Å²) in [6.45, 7) is 6.51. The van der Waals surface area contributed by atoms with E-state index in [-0.39, 0.29) is 11.9 Å². The molecule has 0 spiro atoms. The molecule has 1 aliphatic heterocycles. The molecule has 4 aromatic rings. The van der Waals surface area contributed by atoms with Gasteiger partial charge in [0.05, 0.1) is 6.33 Å². The van der Waals surface area contributed by atoms with E-state index >= 15 is 0 Å². The van der Waals surface area contributed by atoms with Crippen molar-refractivity contribution in [2.24, 2.45) is 0 Å². The minimum absolute atomic E-state index is 0.211. The highest BCUT2D eigenvalue weighted by Crippen LogP contribution is 2.27. The van der Waals surface area contributed by atoms with Crippen molar-refractivity contribution in [2.75, 3.05) is 30.3 Å². The molecule has 0 saturated carbocycles. The largest absolute Gasteiger partial charge is 0.368 e. The average molecular weight is 445 g/mol. The average Bonchev–Trinajstić information content (AvgIpc) is 3.43. The van der Waals surface area contributed by atoms with Crippen molar-refractivity contribution in [3.8, 4) is 0 Å². The van der Waals surface area contributed by atoms with Crippen molar-refractivity contribution in [1.82, 2.24) is 29.4 Å². The van der Waals surface area contributed by atoms with E-state index in [2.05, 4.69) is 40.5 Å². The number of amides is 1. The Morgan fingerprint density at radius 2 is 1.97 bits per heavy atom. The minimum Gasteiger partial charge on any atom is -0.368 e.